The molecule has 1 fully saturated rings. The molecule has 1 aromatic rings. The predicted molar refractivity (Wildman–Crippen MR) is 62.4 cm³/mol. The Hall–Kier alpha value is -1.35. The molecule has 3 heteroatoms. The molecule has 0 bridgehead atoms. The fourth-order valence-electron chi connectivity index (χ4n) is 2.41. The van der Waals surface area contributed by atoms with Gasteiger partial charge in [0.25, 0.3) is 0 Å². The molecule has 1 aliphatic carbocycles. The number of aryl methyl sites for hydroxylation is 2. The Bertz CT molecular complexity index is 434. The molecule has 0 saturated heterocycles. The molecule has 3 nitrogen and oxygen atoms in total. The van der Waals surface area contributed by atoms with Crippen LogP contribution in [0.1, 0.15) is 29.5 Å². The largest absolute Gasteiger partial charge is 0.481 e. The van der Waals surface area contributed by atoms with E-state index in [-0.39, 0.29) is 6.04 Å². The van der Waals surface area contributed by atoms with Gasteiger partial charge in [-0.25, -0.2) is 0 Å². The minimum atomic E-state index is -0.752. The zero-order chi connectivity index (χ0) is 11.9. The lowest BCUT2D eigenvalue weighted by atomic mass is 9.61. The maximum Gasteiger partial charge on any atom is 0.314 e. The molecule has 0 amide bonds. The standard InChI is InChI=1S/C13H17NO2/c1-8-3-4-10(5-9(8)2)13(12(15)16)6-11(14)7-13/h3-5,11H,6-7,14H2,1-2H3,(H,15,16). The van der Waals surface area contributed by atoms with Gasteiger partial charge < -0.3 is 10.8 Å². The van der Waals surface area contributed by atoms with E-state index in [1.54, 1.807) is 0 Å². The molecule has 0 unspecified atom stereocenters. The van der Waals surface area contributed by atoms with E-state index in [2.05, 4.69) is 0 Å². The number of hydrogen-bond donors (Lipinski definition) is 2. The van der Waals surface area contributed by atoms with Crippen LogP contribution in [0.2, 0.25) is 0 Å². The van der Waals surface area contributed by atoms with E-state index in [4.69, 9.17) is 5.73 Å². The Kier molecular flexibility index (Phi) is 2.50. The first-order valence-corrected chi connectivity index (χ1v) is 5.52. The van der Waals surface area contributed by atoms with Crippen molar-refractivity contribution in [3.05, 3.63) is 34.9 Å². The quantitative estimate of drug-likeness (QED) is 0.796. The normalized spacial score (nSPS) is 28.6. The first-order valence-electron chi connectivity index (χ1n) is 5.52. The van der Waals surface area contributed by atoms with Gasteiger partial charge >= 0.3 is 5.97 Å². The van der Waals surface area contributed by atoms with Crippen molar-refractivity contribution < 1.29 is 9.90 Å². The van der Waals surface area contributed by atoms with Gasteiger partial charge in [-0.3, -0.25) is 4.79 Å². The lowest BCUT2D eigenvalue weighted by molar-refractivity contribution is -0.148. The van der Waals surface area contributed by atoms with Crippen LogP contribution in [0.4, 0.5) is 0 Å². The average molecular weight is 219 g/mol. The van der Waals surface area contributed by atoms with Gasteiger partial charge in [0.05, 0.1) is 5.41 Å². The summed E-state index contributed by atoms with van der Waals surface area (Å²) in [6.45, 7) is 4.03. The van der Waals surface area contributed by atoms with Crippen molar-refractivity contribution in [2.75, 3.05) is 0 Å². The average Bonchev–Trinajstić information content (AvgIpc) is 2.17. The molecule has 0 atom stereocenters. The van der Waals surface area contributed by atoms with Crippen LogP contribution in [-0.2, 0) is 10.2 Å². The first kappa shape index (κ1) is 11.1. The molecule has 3 N–H and O–H groups in total. The Morgan fingerprint density at radius 1 is 1.38 bits per heavy atom. The molecule has 0 spiro atoms. The smallest absolute Gasteiger partial charge is 0.314 e. The summed E-state index contributed by atoms with van der Waals surface area (Å²) >= 11 is 0. The van der Waals surface area contributed by atoms with Gasteiger partial charge in [-0.05, 0) is 43.4 Å². The van der Waals surface area contributed by atoms with Crippen LogP contribution in [-0.4, -0.2) is 17.1 Å². The maximum atomic E-state index is 11.4. The van der Waals surface area contributed by atoms with Crippen LogP contribution in [0.15, 0.2) is 18.2 Å². The Morgan fingerprint density at radius 3 is 2.44 bits per heavy atom. The summed E-state index contributed by atoms with van der Waals surface area (Å²) in [6.07, 6.45) is 1.09. The first-order chi connectivity index (χ1) is 7.45. The molecule has 2 rings (SSSR count). The minimum absolute atomic E-state index is 0.0257. The number of aliphatic carboxylic acids is 1. The number of nitrogens with two attached hydrogens (primary N) is 1. The van der Waals surface area contributed by atoms with Crippen LogP contribution in [0.5, 0.6) is 0 Å². The molecular formula is C13H17NO2. The van der Waals surface area contributed by atoms with Crippen LogP contribution >= 0.6 is 0 Å². The van der Waals surface area contributed by atoms with Crippen LogP contribution < -0.4 is 5.73 Å². The summed E-state index contributed by atoms with van der Waals surface area (Å²) in [5, 5.41) is 9.36. The van der Waals surface area contributed by atoms with Crippen molar-refractivity contribution >= 4 is 5.97 Å². The second-order valence-corrected chi connectivity index (χ2v) is 4.85. The number of benzene rings is 1. The Balaban J connectivity index is 2.41. The second kappa shape index (κ2) is 3.59. The fourth-order valence-corrected chi connectivity index (χ4v) is 2.41. The van der Waals surface area contributed by atoms with E-state index >= 15 is 0 Å². The second-order valence-electron chi connectivity index (χ2n) is 4.85. The minimum Gasteiger partial charge on any atom is -0.481 e. The van der Waals surface area contributed by atoms with E-state index in [0.717, 1.165) is 11.1 Å². The van der Waals surface area contributed by atoms with Gasteiger partial charge in [-0.2, -0.15) is 0 Å². The highest BCUT2D eigenvalue weighted by Crippen LogP contribution is 2.43. The van der Waals surface area contributed by atoms with Crippen LogP contribution in [0.25, 0.3) is 0 Å². The number of carboxylic acids is 1. The summed E-state index contributed by atoms with van der Waals surface area (Å²) in [4.78, 5) is 11.4. The topological polar surface area (TPSA) is 63.3 Å². The number of rotatable bonds is 2. The molecule has 1 saturated carbocycles. The lowest BCUT2D eigenvalue weighted by Crippen LogP contribution is -2.54. The Labute approximate surface area is 95.3 Å². The third-order valence-corrected chi connectivity index (χ3v) is 3.69. The molecule has 1 aromatic carbocycles. The highest BCUT2D eigenvalue weighted by Gasteiger charge is 2.50. The number of carbonyl (C=O) groups is 1. The summed E-state index contributed by atoms with van der Waals surface area (Å²) in [5.74, 6) is -0.752. The SMILES string of the molecule is Cc1ccc(C2(C(=O)O)CC(N)C2)cc1C. The summed E-state index contributed by atoms with van der Waals surface area (Å²) < 4.78 is 0. The van der Waals surface area contributed by atoms with Gasteiger partial charge in [0.15, 0.2) is 0 Å². The van der Waals surface area contributed by atoms with E-state index in [1.807, 2.05) is 32.0 Å². The van der Waals surface area contributed by atoms with Gasteiger partial charge in [0.1, 0.15) is 0 Å². The van der Waals surface area contributed by atoms with Crippen molar-refractivity contribution in [2.24, 2.45) is 5.73 Å². The molecule has 0 aromatic heterocycles. The summed E-state index contributed by atoms with van der Waals surface area (Å²) in [7, 11) is 0. The number of hydrogen-bond acceptors (Lipinski definition) is 2. The molecule has 86 valence electrons. The molecule has 1 aliphatic rings. The van der Waals surface area contributed by atoms with E-state index in [1.165, 1.54) is 5.56 Å². The zero-order valence-corrected chi connectivity index (χ0v) is 9.66. The van der Waals surface area contributed by atoms with Gasteiger partial charge in [0.2, 0.25) is 0 Å². The predicted octanol–water partition coefficient (Wildman–Crippen LogP) is 1.75. The van der Waals surface area contributed by atoms with Crippen molar-refractivity contribution in [1.82, 2.24) is 0 Å². The van der Waals surface area contributed by atoms with E-state index in [9.17, 15) is 9.90 Å². The van der Waals surface area contributed by atoms with Crippen molar-refractivity contribution in [2.45, 2.75) is 38.1 Å². The van der Waals surface area contributed by atoms with Gasteiger partial charge in [0, 0.05) is 6.04 Å². The van der Waals surface area contributed by atoms with Gasteiger partial charge in [-0.1, -0.05) is 18.2 Å². The summed E-state index contributed by atoms with van der Waals surface area (Å²) in [5.41, 5.74) is 8.21. The van der Waals surface area contributed by atoms with Crippen LogP contribution in [0, 0.1) is 13.8 Å². The lowest BCUT2D eigenvalue weighted by Gasteiger charge is -2.43. The molecule has 0 aliphatic heterocycles. The van der Waals surface area contributed by atoms with Crippen molar-refractivity contribution in [3.8, 4) is 0 Å². The molecule has 16 heavy (non-hydrogen) atoms. The third kappa shape index (κ3) is 1.52. The van der Waals surface area contributed by atoms with Crippen molar-refractivity contribution in [1.29, 1.82) is 0 Å². The molecular weight excluding hydrogens is 202 g/mol. The molecule has 0 radical (unpaired) electrons. The molecule has 0 heterocycles. The number of carboxylic acid groups (broad SMARTS) is 1. The van der Waals surface area contributed by atoms with E-state index in [0.29, 0.717) is 12.8 Å². The zero-order valence-electron chi connectivity index (χ0n) is 9.66. The van der Waals surface area contributed by atoms with Gasteiger partial charge in [-0.15, -0.1) is 0 Å². The Morgan fingerprint density at radius 2 is 2.00 bits per heavy atom. The van der Waals surface area contributed by atoms with Crippen LogP contribution in [0.3, 0.4) is 0 Å². The highest BCUT2D eigenvalue weighted by molar-refractivity contribution is 5.83. The highest BCUT2D eigenvalue weighted by atomic mass is 16.4. The fraction of sp³-hybridized carbons (Fsp3) is 0.462. The third-order valence-electron chi connectivity index (χ3n) is 3.69. The van der Waals surface area contributed by atoms with E-state index < -0.39 is 11.4 Å². The monoisotopic (exact) mass is 219 g/mol. The summed E-state index contributed by atoms with van der Waals surface area (Å²) in [6, 6.07) is 5.91. The van der Waals surface area contributed by atoms with Crippen molar-refractivity contribution in [3.63, 3.8) is 0 Å². The maximum absolute atomic E-state index is 11.4.